The van der Waals surface area contributed by atoms with Gasteiger partial charge < -0.3 is 10.6 Å². The maximum Gasteiger partial charge on any atom is 0.274 e. The zero-order valence-corrected chi connectivity index (χ0v) is 9.73. The maximum atomic E-state index is 12.3. The smallest absolute Gasteiger partial charge is 0.274 e. The number of rotatable bonds is 2. The molecule has 5 heteroatoms. The van der Waals surface area contributed by atoms with E-state index in [9.17, 15) is 4.79 Å². The highest BCUT2D eigenvalue weighted by Gasteiger charge is 2.34. The van der Waals surface area contributed by atoms with Crippen LogP contribution in [-0.2, 0) is 0 Å². The Labute approximate surface area is 95.0 Å². The highest BCUT2D eigenvalue weighted by molar-refractivity contribution is 5.97. The van der Waals surface area contributed by atoms with Crippen LogP contribution < -0.4 is 5.73 Å². The van der Waals surface area contributed by atoms with Gasteiger partial charge in [-0.3, -0.25) is 9.89 Å². The van der Waals surface area contributed by atoms with Crippen molar-refractivity contribution in [3.05, 3.63) is 11.9 Å². The zero-order valence-electron chi connectivity index (χ0n) is 9.73. The van der Waals surface area contributed by atoms with E-state index in [4.69, 9.17) is 5.73 Å². The molecule has 1 amide bonds. The molecule has 88 valence electrons. The largest absolute Gasteiger partial charge is 0.396 e. The lowest BCUT2D eigenvalue weighted by molar-refractivity contribution is 0.0671. The van der Waals surface area contributed by atoms with Crippen molar-refractivity contribution < 1.29 is 4.79 Å². The molecule has 2 rings (SSSR count). The number of nitrogens with one attached hydrogen (secondary N) is 1. The molecule has 1 saturated heterocycles. The molecule has 16 heavy (non-hydrogen) atoms. The van der Waals surface area contributed by atoms with E-state index in [1.165, 1.54) is 6.20 Å². The molecule has 0 aliphatic carbocycles. The third-order valence-corrected chi connectivity index (χ3v) is 3.37. The molecule has 0 bridgehead atoms. The molecule has 1 aliphatic heterocycles. The van der Waals surface area contributed by atoms with Crippen molar-refractivity contribution in [1.29, 1.82) is 0 Å². The molecular formula is C11H18N4O. The number of anilines is 1. The number of carbonyl (C=O) groups excluding carboxylic acids is 1. The number of carbonyl (C=O) groups is 1. The van der Waals surface area contributed by atoms with Crippen LogP contribution in [0.25, 0.3) is 0 Å². The number of likely N-dealkylation sites (tertiary alicyclic amines) is 1. The molecule has 0 spiro atoms. The van der Waals surface area contributed by atoms with Crippen molar-refractivity contribution in [2.45, 2.75) is 45.2 Å². The van der Waals surface area contributed by atoms with Gasteiger partial charge in [0.2, 0.25) is 0 Å². The van der Waals surface area contributed by atoms with Gasteiger partial charge in [-0.25, -0.2) is 0 Å². The van der Waals surface area contributed by atoms with E-state index in [0.29, 0.717) is 23.5 Å². The molecule has 1 aromatic rings. The summed E-state index contributed by atoms with van der Waals surface area (Å²) in [6.07, 6.45) is 4.62. The van der Waals surface area contributed by atoms with Crippen LogP contribution in [-0.4, -0.2) is 33.1 Å². The summed E-state index contributed by atoms with van der Waals surface area (Å²) in [5, 5.41) is 6.47. The molecule has 0 saturated carbocycles. The first kappa shape index (κ1) is 11.0. The summed E-state index contributed by atoms with van der Waals surface area (Å²) in [4.78, 5) is 14.2. The van der Waals surface area contributed by atoms with E-state index in [-0.39, 0.29) is 5.91 Å². The Hall–Kier alpha value is -1.52. The summed E-state index contributed by atoms with van der Waals surface area (Å²) < 4.78 is 0. The van der Waals surface area contributed by atoms with E-state index in [2.05, 4.69) is 24.0 Å². The van der Waals surface area contributed by atoms with Gasteiger partial charge in [0.1, 0.15) is 5.69 Å². The first-order chi connectivity index (χ1) is 7.65. The second-order valence-corrected chi connectivity index (χ2v) is 4.40. The summed E-state index contributed by atoms with van der Waals surface area (Å²) in [6.45, 7) is 4.19. The predicted molar refractivity (Wildman–Crippen MR) is 61.9 cm³/mol. The Balaban J connectivity index is 2.24. The van der Waals surface area contributed by atoms with Crippen molar-refractivity contribution in [3.63, 3.8) is 0 Å². The number of nitrogen functional groups attached to an aromatic ring is 1. The maximum absolute atomic E-state index is 12.3. The fourth-order valence-corrected chi connectivity index (χ4v) is 2.43. The van der Waals surface area contributed by atoms with Crippen LogP contribution >= 0.6 is 0 Å². The minimum absolute atomic E-state index is 0.0214. The van der Waals surface area contributed by atoms with E-state index >= 15 is 0 Å². The lowest BCUT2D eigenvalue weighted by Crippen LogP contribution is -2.40. The Bertz CT molecular complexity index is 387. The summed E-state index contributed by atoms with van der Waals surface area (Å²) >= 11 is 0. The van der Waals surface area contributed by atoms with E-state index in [1.54, 1.807) is 0 Å². The monoisotopic (exact) mass is 222 g/mol. The molecule has 2 heterocycles. The Morgan fingerprint density at radius 2 is 2.44 bits per heavy atom. The number of hydrogen-bond acceptors (Lipinski definition) is 3. The Morgan fingerprint density at radius 3 is 3.00 bits per heavy atom. The summed E-state index contributed by atoms with van der Waals surface area (Å²) in [5.74, 6) is -0.0214. The highest BCUT2D eigenvalue weighted by Crippen LogP contribution is 2.28. The molecule has 1 aromatic heterocycles. The van der Waals surface area contributed by atoms with Crippen LogP contribution in [0.15, 0.2) is 6.20 Å². The van der Waals surface area contributed by atoms with Gasteiger partial charge in [0.25, 0.3) is 5.91 Å². The van der Waals surface area contributed by atoms with Crippen LogP contribution in [0.3, 0.4) is 0 Å². The molecule has 2 atom stereocenters. The normalized spacial score (nSPS) is 25.0. The number of nitrogens with two attached hydrogens (primary N) is 1. The topological polar surface area (TPSA) is 75.0 Å². The SMILES string of the molecule is CCC1CCC(C)N1C(=O)c1[nH]ncc1N. The number of aromatic nitrogens is 2. The van der Waals surface area contributed by atoms with Crippen molar-refractivity contribution >= 4 is 11.6 Å². The minimum Gasteiger partial charge on any atom is -0.396 e. The van der Waals surface area contributed by atoms with Crippen LogP contribution in [0.1, 0.15) is 43.6 Å². The molecule has 0 aromatic carbocycles. The number of H-pyrrole nitrogens is 1. The first-order valence-corrected chi connectivity index (χ1v) is 5.76. The highest BCUT2D eigenvalue weighted by atomic mass is 16.2. The van der Waals surface area contributed by atoms with Crippen molar-refractivity contribution in [2.75, 3.05) is 5.73 Å². The van der Waals surface area contributed by atoms with Crippen molar-refractivity contribution in [2.24, 2.45) is 0 Å². The third kappa shape index (κ3) is 1.66. The number of aromatic amines is 1. The van der Waals surface area contributed by atoms with Gasteiger partial charge in [-0.15, -0.1) is 0 Å². The van der Waals surface area contributed by atoms with E-state index < -0.39 is 0 Å². The van der Waals surface area contributed by atoms with Gasteiger partial charge >= 0.3 is 0 Å². The molecule has 1 fully saturated rings. The first-order valence-electron chi connectivity index (χ1n) is 5.76. The minimum atomic E-state index is -0.0214. The second kappa shape index (κ2) is 4.15. The fraction of sp³-hybridized carbons (Fsp3) is 0.636. The van der Waals surface area contributed by atoms with Gasteiger partial charge in [0.05, 0.1) is 11.9 Å². The zero-order chi connectivity index (χ0) is 11.7. The number of hydrogen-bond donors (Lipinski definition) is 2. The standard InChI is InChI=1S/C11H18N4O/c1-3-8-5-4-7(2)15(8)11(16)10-9(12)6-13-14-10/h6-8H,3-5,12H2,1-2H3,(H,13,14). The molecule has 2 unspecified atom stereocenters. The van der Waals surface area contributed by atoms with Crippen LogP contribution in [0.4, 0.5) is 5.69 Å². The van der Waals surface area contributed by atoms with Gasteiger partial charge in [-0.2, -0.15) is 5.10 Å². The number of nitrogens with zero attached hydrogens (tertiary/aromatic N) is 2. The van der Waals surface area contributed by atoms with Gasteiger partial charge in [-0.1, -0.05) is 6.92 Å². The van der Waals surface area contributed by atoms with Crippen molar-refractivity contribution in [3.8, 4) is 0 Å². The van der Waals surface area contributed by atoms with E-state index in [1.807, 2.05) is 4.90 Å². The molecule has 3 N–H and O–H groups in total. The fourth-order valence-electron chi connectivity index (χ4n) is 2.43. The lowest BCUT2D eigenvalue weighted by atomic mass is 10.1. The quantitative estimate of drug-likeness (QED) is 0.794. The Morgan fingerprint density at radius 1 is 1.69 bits per heavy atom. The van der Waals surface area contributed by atoms with Crippen LogP contribution in [0.5, 0.6) is 0 Å². The molecule has 1 aliphatic rings. The summed E-state index contributed by atoms with van der Waals surface area (Å²) in [6, 6.07) is 0.630. The average molecular weight is 222 g/mol. The van der Waals surface area contributed by atoms with Crippen LogP contribution in [0.2, 0.25) is 0 Å². The summed E-state index contributed by atoms with van der Waals surface area (Å²) in [5.41, 5.74) is 6.55. The van der Waals surface area contributed by atoms with Gasteiger partial charge in [0.15, 0.2) is 0 Å². The predicted octanol–water partition coefficient (Wildman–Crippen LogP) is 1.39. The van der Waals surface area contributed by atoms with Crippen LogP contribution in [0, 0.1) is 0 Å². The summed E-state index contributed by atoms with van der Waals surface area (Å²) in [7, 11) is 0. The van der Waals surface area contributed by atoms with Gasteiger partial charge in [0, 0.05) is 12.1 Å². The van der Waals surface area contributed by atoms with Crippen molar-refractivity contribution in [1.82, 2.24) is 15.1 Å². The van der Waals surface area contributed by atoms with E-state index in [0.717, 1.165) is 19.3 Å². The number of amides is 1. The van der Waals surface area contributed by atoms with Gasteiger partial charge in [-0.05, 0) is 26.2 Å². The molecular weight excluding hydrogens is 204 g/mol. The molecule has 5 nitrogen and oxygen atoms in total. The Kier molecular flexibility index (Phi) is 2.85. The molecule has 0 radical (unpaired) electrons. The third-order valence-electron chi connectivity index (χ3n) is 3.37. The lowest BCUT2D eigenvalue weighted by Gasteiger charge is -2.27. The average Bonchev–Trinajstić information content (AvgIpc) is 2.83. The second-order valence-electron chi connectivity index (χ2n) is 4.40.